The Labute approximate surface area is 132 Å². The van der Waals surface area contributed by atoms with Crippen LogP contribution in [0.2, 0.25) is 0 Å². The van der Waals surface area contributed by atoms with Crippen molar-refractivity contribution in [1.82, 2.24) is 0 Å². The number of aliphatic hydroxyl groups is 1. The van der Waals surface area contributed by atoms with Gasteiger partial charge in [-0.2, -0.15) is 0 Å². The van der Waals surface area contributed by atoms with E-state index >= 15 is 0 Å². The van der Waals surface area contributed by atoms with Gasteiger partial charge in [0.25, 0.3) is 0 Å². The summed E-state index contributed by atoms with van der Waals surface area (Å²) in [5.74, 6) is 1.50. The molecule has 0 heterocycles. The van der Waals surface area contributed by atoms with Crippen molar-refractivity contribution >= 4 is 21.6 Å². The second-order valence-electron chi connectivity index (χ2n) is 4.54. The highest BCUT2D eigenvalue weighted by Gasteiger charge is 2.06. The first kappa shape index (κ1) is 15.7. The predicted octanol–water partition coefficient (Wildman–Crippen LogP) is 3.31. The van der Waals surface area contributed by atoms with E-state index in [1.54, 1.807) is 7.11 Å². The summed E-state index contributed by atoms with van der Waals surface area (Å²) in [6.07, 6.45) is -0.602. The number of hydrogen-bond acceptors (Lipinski definition) is 4. The van der Waals surface area contributed by atoms with Gasteiger partial charge >= 0.3 is 0 Å². The van der Waals surface area contributed by atoms with E-state index in [0.717, 1.165) is 21.7 Å². The minimum Gasteiger partial charge on any atom is -0.497 e. The monoisotopic (exact) mass is 351 g/mol. The molecule has 0 radical (unpaired) electrons. The van der Waals surface area contributed by atoms with Crippen LogP contribution in [0, 0.1) is 0 Å². The van der Waals surface area contributed by atoms with Crippen LogP contribution in [0.1, 0.15) is 0 Å². The first-order valence-electron chi connectivity index (χ1n) is 6.62. The number of methoxy groups -OCH3 is 1. The lowest BCUT2D eigenvalue weighted by molar-refractivity contribution is 0.117. The molecule has 0 aliphatic rings. The van der Waals surface area contributed by atoms with E-state index in [4.69, 9.17) is 9.47 Å². The van der Waals surface area contributed by atoms with E-state index in [0.29, 0.717) is 6.54 Å². The third-order valence-corrected chi connectivity index (χ3v) is 3.29. The van der Waals surface area contributed by atoms with Crippen LogP contribution in [0.15, 0.2) is 53.0 Å². The lowest BCUT2D eigenvalue weighted by atomic mass is 10.3. The normalized spacial score (nSPS) is 11.8. The summed E-state index contributed by atoms with van der Waals surface area (Å²) in [6, 6.07) is 15.1. The number of benzene rings is 2. The van der Waals surface area contributed by atoms with Crippen molar-refractivity contribution in [1.29, 1.82) is 0 Å². The molecule has 0 amide bonds. The standard InChI is InChI=1S/C16H18BrNO3/c1-20-16-8-12(17)7-13(9-16)18-10-14(19)11-21-15-5-3-2-4-6-15/h2-9,14,18-19H,10-11H2,1H3. The van der Waals surface area contributed by atoms with Crippen LogP contribution < -0.4 is 14.8 Å². The van der Waals surface area contributed by atoms with Gasteiger partial charge in [-0.25, -0.2) is 0 Å². The van der Waals surface area contributed by atoms with Gasteiger partial charge in [-0.3, -0.25) is 0 Å². The molecule has 4 nitrogen and oxygen atoms in total. The van der Waals surface area contributed by atoms with Crippen LogP contribution >= 0.6 is 15.9 Å². The van der Waals surface area contributed by atoms with Gasteiger partial charge in [0, 0.05) is 22.8 Å². The van der Waals surface area contributed by atoms with Crippen LogP contribution in [0.25, 0.3) is 0 Å². The molecule has 0 saturated heterocycles. The number of aliphatic hydroxyl groups excluding tert-OH is 1. The van der Waals surface area contributed by atoms with E-state index in [9.17, 15) is 5.11 Å². The van der Waals surface area contributed by atoms with Gasteiger partial charge in [0.2, 0.25) is 0 Å². The van der Waals surface area contributed by atoms with Gasteiger partial charge in [-0.05, 0) is 24.3 Å². The Morgan fingerprint density at radius 3 is 2.62 bits per heavy atom. The third-order valence-electron chi connectivity index (χ3n) is 2.83. The third kappa shape index (κ3) is 5.28. The summed E-state index contributed by atoms with van der Waals surface area (Å²) in [6.45, 7) is 0.634. The average Bonchev–Trinajstić information content (AvgIpc) is 2.51. The van der Waals surface area contributed by atoms with Crippen molar-refractivity contribution in [2.45, 2.75) is 6.10 Å². The van der Waals surface area contributed by atoms with Crippen molar-refractivity contribution < 1.29 is 14.6 Å². The van der Waals surface area contributed by atoms with Crippen molar-refractivity contribution in [3.05, 3.63) is 53.0 Å². The Balaban J connectivity index is 1.81. The molecule has 0 bridgehead atoms. The lowest BCUT2D eigenvalue weighted by Crippen LogP contribution is -2.26. The van der Waals surface area contributed by atoms with Gasteiger partial charge < -0.3 is 19.9 Å². The summed E-state index contributed by atoms with van der Waals surface area (Å²) >= 11 is 3.41. The van der Waals surface area contributed by atoms with Gasteiger partial charge in [-0.15, -0.1) is 0 Å². The Morgan fingerprint density at radius 1 is 1.14 bits per heavy atom. The highest BCUT2D eigenvalue weighted by atomic mass is 79.9. The molecule has 2 aromatic carbocycles. The zero-order valence-electron chi connectivity index (χ0n) is 11.8. The van der Waals surface area contributed by atoms with Crippen LogP contribution in [0.4, 0.5) is 5.69 Å². The molecule has 0 saturated carbocycles. The van der Waals surface area contributed by atoms with Crippen molar-refractivity contribution in [3.63, 3.8) is 0 Å². The number of halogens is 1. The minimum absolute atomic E-state index is 0.238. The van der Waals surface area contributed by atoms with Crippen LogP contribution in [0.5, 0.6) is 11.5 Å². The summed E-state index contributed by atoms with van der Waals surface area (Å²) < 4.78 is 11.6. The fourth-order valence-electron chi connectivity index (χ4n) is 1.79. The van der Waals surface area contributed by atoms with Crippen LogP contribution in [-0.2, 0) is 0 Å². The number of para-hydroxylation sites is 1. The Hall–Kier alpha value is -1.72. The number of rotatable bonds is 7. The number of ether oxygens (including phenoxy) is 2. The van der Waals surface area contributed by atoms with E-state index < -0.39 is 6.10 Å². The molecule has 0 fully saturated rings. The SMILES string of the molecule is COc1cc(Br)cc(NCC(O)COc2ccccc2)c1. The molecular formula is C16H18BrNO3. The van der Waals surface area contributed by atoms with E-state index in [-0.39, 0.29) is 6.61 Å². The van der Waals surface area contributed by atoms with E-state index in [1.165, 1.54) is 0 Å². The lowest BCUT2D eigenvalue weighted by Gasteiger charge is -2.14. The van der Waals surface area contributed by atoms with Gasteiger partial charge in [0.15, 0.2) is 0 Å². The molecular weight excluding hydrogens is 334 g/mol. The quantitative estimate of drug-likeness (QED) is 0.803. The summed E-state index contributed by atoms with van der Waals surface area (Å²) in [7, 11) is 1.62. The first-order valence-corrected chi connectivity index (χ1v) is 7.41. The Bertz CT molecular complexity index is 563. The number of anilines is 1. The molecule has 2 rings (SSSR count). The molecule has 0 aromatic heterocycles. The summed E-state index contributed by atoms with van der Waals surface area (Å²) in [5, 5.41) is 13.1. The fourth-order valence-corrected chi connectivity index (χ4v) is 2.26. The van der Waals surface area contributed by atoms with Gasteiger partial charge in [0.05, 0.1) is 7.11 Å². The topological polar surface area (TPSA) is 50.7 Å². The molecule has 0 aliphatic carbocycles. The second kappa shape index (κ2) is 7.90. The van der Waals surface area contributed by atoms with Gasteiger partial charge in [-0.1, -0.05) is 34.1 Å². The maximum atomic E-state index is 9.94. The largest absolute Gasteiger partial charge is 0.497 e. The average molecular weight is 352 g/mol. The smallest absolute Gasteiger partial charge is 0.122 e. The molecule has 0 aliphatic heterocycles. The molecule has 112 valence electrons. The number of nitrogens with one attached hydrogen (secondary N) is 1. The van der Waals surface area contributed by atoms with Crippen LogP contribution in [0.3, 0.4) is 0 Å². The van der Waals surface area contributed by atoms with Crippen molar-refractivity contribution in [3.8, 4) is 11.5 Å². The molecule has 1 atom stereocenters. The highest BCUT2D eigenvalue weighted by Crippen LogP contribution is 2.24. The molecule has 0 spiro atoms. The first-order chi connectivity index (χ1) is 10.2. The Kier molecular flexibility index (Phi) is 5.90. The molecule has 21 heavy (non-hydrogen) atoms. The van der Waals surface area contributed by atoms with E-state index in [2.05, 4.69) is 21.2 Å². The molecule has 2 N–H and O–H groups in total. The van der Waals surface area contributed by atoms with Crippen LogP contribution in [-0.4, -0.2) is 31.5 Å². The van der Waals surface area contributed by atoms with Crippen molar-refractivity contribution in [2.75, 3.05) is 25.6 Å². The predicted molar refractivity (Wildman–Crippen MR) is 87.1 cm³/mol. The fraction of sp³-hybridized carbons (Fsp3) is 0.250. The molecule has 5 heteroatoms. The Morgan fingerprint density at radius 2 is 1.90 bits per heavy atom. The molecule has 2 aromatic rings. The minimum atomic E-state index is -0.602. The zero-order chi connectivity index (χ0) is 15.1. The number of hydrogen-bond donors (Lipinski definition) is 2. The van der Waals surface area contributed by atoms with E-state index in [1.807, 2.05) is 48.5 Å². The summed E-state index contributed by atoms with van der Waals surface area (Å²) in [5.41, 5.74) is 0.875. The van der Waals surface area contributed by atoms with Gasteiger partial charge in [0.1, 0.15) is 24.2 Å². The molecule has 1 unspecified atom stereocenters. The summed E-state index contributed by atoms with van der Waals surface area (Å²) in [4.78, 5) is 0. The maximum Gasteiger partial charge on any atom is 0.122 e. The van der Waals surface area contributed by atoms with Crippen molar-refractivity contribution in [2.24, 2.45) is 0 Å². The highest BCUT2D eigenvalue weighted by molar-refractivity contribution is 9.10. The maximum absolute atomic E-state index is 9.94. The second-order valence-corrected chi connectivity index (χ2v) is 5.45. The zero-order valence-corrected chi connectivity index (χ0v) is 13.3.